The van der Waals surface area contributed by atoms with Gasteiger partial charge in [-0.3, -0.25) is 9.78 Å². The van der Waals surface area contributed by atoms with E-state index < -0.39 is 0 Å². The predicted molar refractivity (Wildman–Crippen MR) is 65.6 cm³/mol. The lowest BCUT2D eigenvalue weighted by molar-refractivity contribution is -0.130. The summed E-state index contributed by atoms with van der Waals surface area (Å²) in [5, 5.41) is 3.58. The third-order valence-corrected chi connectivity index (χ3v) is 2.67. The van der Waals surface area contributed by atoms with Gasteiger partial charge in [-0.2, -0.15) is 0 Å². The topological polar surface area (TPSA) is 45.2 Å². The first-order valence-corrected chi connectivity index (χ1v) is 5.55. The van der Waals surface area contributed by atoms with Crippen molar-refractivity contribution >= 4 is 23.2 Å². The number of likely N-dealkylation sites (N-methyl/N-ethyl adjacent to an activating group) is 1. The highest BCUT2D eigenvalue weighted by Gasteiger charge is 2.16. The van der Waals surface area contributed by atoms with Gasteiger partial charge in [-0.15, -0.1) is 0 Å². The van der Waals surface area contributed by atoms with Crippen LogP contribution in [0.1, 0.15) is 13.8 Å². The Kier molecular flexibility index (Phi) is 4.55. The van der Waals surface area contributed by atoms with Crippen molar-refractivity contribution in [1.29, 1.82) is 0 Å². The van der Waals surface area contributed by atoms with E-state index in [0.717, 1.165) is 5.69 Å². The number of amides is 1. The molecule has 1 amide bonds. The molecule has 0 fully saturated rings. The molecule has 0 radical (unpaired) electrons. The van der Waals surface area contributed by atoms with E-state index in [9.17, 15) is 4.79 Å². The van der Waals surface area contributed by atoms with Crippen LogP contribution in [0.2, 0.25) is 5.02 Å². The van der Waals surface area contributed by atoms with Crippen LogP contribution in [0.25, 0.3) is 0 Å². The minimum Gasteiger partial charge on any atom is -0.373 e. The Hall–Kier alpha value is -1.29. The van der Waals surface area contributed by atoms with Gasteiger partial charge >= 0.3 is 0 Å². The van der Waals surface area contributed by atoms with Crippen molar-refractivity contribution in [1.82, 2.24) is 9.88 Å². The summed E-state index contributed by atoms with van der Waals surface area (Å²) in [6, 6.07) is 1.45. The molecule has 5 heteroatoms. The number of hydrogen-bond acceptors (Lipinski definition) is 3. The van der Waals surface area contributed by atoms with Crippen LogP contribution in [0.15, 0.2) is 18.5 Å². The average molecular weight is 242 g/mol. The average Bonchev–Trinajstić information content (AvgIpc) is 2.30. The van der Waals surface area contributed by atoms with E-state index in [1.54, 1.807) is 30.4 Å². The lowest BCUT2D eigenvalue weighted by Crippen LogP contribution is -2.38. The Labute approximate surface area is 101 Å². The maximum atomic E-state index is 11.8. The zero-order chi connectivity index (χ0) is 12.1. The number of rotatable bonds is 4. The zero-order valence-corrected chi connectivity index (χ0v) is 10.5. The number of pyridine rings is 1. The standard InChI is InChI=1S/C11H16ClN3O/c1-4-15(3)11(16)8(2)14-10-5-6-13-7-9(10)12/h5-8H,4H2,1-3H3,(H,13,14). The molecule has 0 aromatic carbocycles. The van der Waals surface area contributed by atoms with Gasteiger partial charge in [0.1, 0.15) is 6.04 Å². The Bertz CT molecular complexity index is 370. The molecule has 4 nitrogen and oxygen atoms in total. The molecule has 0 spiro atoms. The number of halogens is 1. The number of carbonyl (C=O) groups is 1. The number of hydrogen-bond donors (Lipinski definition) is 1. The normalized spacial score (nSPS) is 12.0. The summed E-state index contributed by atoms with van der Waals surface area (Å²) in [6.45, 7) is 4.43. The summed E-state index contributed by atoms with van der Waals surface area (Å²) in [6.07, 6.45) is 3.18. The molecule has 1 atom stereocenters. The molecule has 0 saturated carbocycles. The van der Waals surface area contributed by atoms with Gasteiger partial charge in [0.05, 0.1) is 10.7 Å². The lowest BCUT2D eigenvalue weighted by Gasteiger charge is -2.21. The highest BCUT2D eigenvalue weighted by atomic mass is 35.5. The second-order valence-corrected chi connectivity index (χ2v) is 3.98. The third-order valence-electron chi connectivity index (χ3n) is 2.37. The molecule has 0 bridgehead atoms. The molecule has 1 aromatic heterocycles. The third kappa shape index (κ3) is 3.10. The minimum absolute atomic E-state index is 0.0374. The second kappa shape index (κ2) is 5.70. The number of carbonyl (C=O) groups excluding carboxylic acids is 1. The van der Waals surface area contributed by atoms with Crippen molar-refractivity contribution in [2.24, 2.45) is 0 Å². The van der Waals surface area contributed by atoms with Crippen LogP contribution in [-0.2, 0) is 4.79 Å². The zero-order valence-electron chi connectivity index (χ0n) is 9.70. The van der Waals surface area contributed by atoms with Crippen LogP contribution < -0.4 is 5.32 Å². The van der Waals surface area contributed by atoms with Crippen molar-refractivity contribution in [3.05, 3.63) is 23.5 Å². The van der Waals surface area contributed by atoms with Crippen LogP contribution in [0.4, 0.5) is 5.69 Å². The first kappa shape index (κ1) is 12.8. The van der Waals surface area contributed by atoms with Crippen LogP contribution in [0, 0.1) is 0 Å². The SMILES string of the molecule is CCN(C)C(=O)C(C)Nc1ccncc1Cl. The molecular weight excluding hydrogens is 226 g/mol. The predicted octanol–water partition coefficient (Wildman–Crippen LogP) is 2.01. The van der Waals surface area contributed by atoms with E-state index in [1.165, 1.54) is 0 Å². The van der Waals surface area contributed by atoms with E-state index in [1.807, 2.05) is 13.8 Å². The van der Waals surface area contributed by atoms with Crippen molar-refractivity contribution in [2.75, 3.05) is 18.9 Å². The molecule has 88 valence electrons. The lowest BCUT2D eigenvalue weighted by atomic mass is 10.2. The van der Waals surface area contributed by atoms with E-state index in [2.05, 4.69) is 10.3 Å². The number of anilines is 1. The molecule has 1 rings (SSSR count). The second-order valence-electron chi connectivity index (χ2n) is 3.57. The van der Waals surface area contributed by atoms with Crippen molar-refractivity contribution in [2.45, 2.75) is 19.9 Å². The van der Waals surface area contributed by atoms with E-state index in [-0.39, 0.29) is 11.9 Å². The summed E-state index contributed by atoms with van der Waals surface area (Å²) in [5.74, 6) is 0.0374. The van der Waals surface area contributed by atoms with Gasteiger partial charge in [0.25, 0.3) is 0 Å². The van der Waals surface area contributed by atoms with Gasteiger partial charge in [-0.1, -0.05) is 11.6 Å². The monoisotopic (exact) mass is 241 g/mol. The van der Waals surface area contributed by atoms with Crippen molar-refractivity contribution < 1.29 is 4.79 Å². The fourth-order valence-electron chi connectivity index (χ4n) is 1.27. The molecule has 1 aromatic rings. The number of aromatic nitrogens is 1. The van der Waals surface area contributed by atoms with E-state index in [4.69, 9.17) is 11.6 Å². The Morgan fingerprint density at radius 1 is 1.69 bits per heavy atom. The first-order valence-electron chi connectivity index (χ1n) is 5.17. The number of nitrogens with zero attached hydrogens (tertiary/aromatic N) is 2. The number of nitrogens with one attached hydrogen (secondary N) is 1. The Morgan fingerprint density at radius 3 is 2.94 bits per heavy atom. The maximum Gasteiger partial charge on any atom is 0.244 e. The van der Waals surface area contributed by atoms with Gasteiger partial charge in [0.15, 0.2) is 0 Å². The van der Waals surface area contributed by atoms with E-state index in [0.29, 0.717) is 11.6 Å². The molecule has 1 unspecified atom stereocenters. The molecule has 1 N–H and O–H groups in total. The van der Waals surface area contributed by atoms with Gasteiger partial charge < -0.3 is 10.2 Å². The van der Waals surface area contributed by atoms with Crippen LogP contribution in [0.3, 0.4) is 0 Å². The quantitative estimate of drug-likeness (QED) is 0.877. The molecule has 0 aliphatic carbocycles. The summed E-state index contributed by atoms with van der Waals surface area (Å²) < 4.78 is 0. The van der Waals surface area contributed by atoms with Gasteiger partial charge in [-0.05, 0) is 19.9 Å². The fourth-order valence-corrected chi connectivity index (χ4v) is 1.45. The highest BCUT2D eigenvalue weighted by Crippen LogP contribution is 2.20. The van der Waals surface area contributed by atoms with E-state index >= 15 is 0 Å². The highest BCUT2D eigenvalue weighted by molar-refractivity contribution is 6.33. The Balaban J connectivity index is 2.68. The summed E-state index contributed by atoms with van der Waals surface area (Å²) in [5.41, 5.74) is 0.724. The fraction of sp³-hybridized carbons (Fsp3) is 0.455. The van der Waals surface area contributed by atoms with Gasteiger partial charge in [0.2, 0.25) is 5.91 Å². The van der Waals surface area contributed by atoms with Gasteiger partial charge in [0, 0.05) is 26.0 Å². The maximum absolute atomic E-state index is 11.8. The molecule has 0 aliphatic rings. The van der Waals surface area contributed by atoms with Crippen LogP contribution >= 0.6 is 11.6 Å². The molecule has 16 heavy (non-hydrogen) atoms. The molecule has 0 aliphatic heterocycles. The summed E-state index contributed by atoms with van der Waals surface area (Å²) in [4.78, 5) is 17.3. The minimum atomic E-state index is -0.301. The van der Waals surface area contributed by atoms with Gasteiger partial charge in [-0.25, -0.2) is 0 Å². The van der Waals surface area contributed by atoms with Crippen molar-refractivity contribution in [3.8, 4) is 0 Å². The first-order chi connectivity index (χ1) is 7.56. The Morgan fingerprint density at radius 2 is 2.38 bits per heavy atom. The summed E-state index contributed by atoms with van der Waals surface area (Å²) >= 11 is 5.94. The largest absolute Gasteiger partial charge is 0.373 e. The summed E-state index contributed by atoms with van der Waals surface area (Å²) in [7, 11) is 1.77. The van der Waals surface area contributed by atoms with Crippen LogP contribution in [-0.4, -0.2) is 35.4 Å². The molecular formula is C11H16ClN3O. The molecule has 1 heterocycles. The smallest absolute Gasteiger partial charge is 0.244 e. The van der Waals surface area contributed by atoms with Crippen molar-refractivity contribution in [3.63, 3.8) is 0 Å². The molecule has 0 saturated heterocycles. The van der Waals surface area contributed by atoms with Crippen LogP contribution in [0.5, 0.6) is 0 Å².